The van der Waals surface area contributed by atoms with Crippen LogP contribution in [0.25, 0.3) is 21.8 Å². The molecule has 85 heavy (non-hydrogen) atoms. The number of carbonyl (C=O) groups is 2. The second-order valence-corrected chi connectivity index (χ2v) is 42.1. The van der Waals surface area contributed by atoms with Crippen molar-refractivity contribution in [3.8, 4) is 0 Å². The van der Waals surface area contributed by atoms with Crippen LogP contribution in [0.4, 0.5) is 8.78 Å². The number of amides is 2. The summed E-state index contributed by atoms with van der Waals surface area (Å²) in [5, 5.41) is 9.07. The van der Waals surface area contributed by atoms with Crippen LogP contribution in [0, 0.1) is 23.5 Å². The fourth-order valence-corrected chi connectivity index (χ4v) is 30.5. The molecule has 2 aromatic heterocycles. The van der Waals surface area contributed by atoms with Gasteiger partial charge in [-0.3, -0.25) is 9.59 Å². The Bertz CT molecular complexity index is 3430. The van der Waals surface area contributed by atoms with Gasteiger partial charge in [0.1, 0.15) is 11.6 Å². The summed E-state index contributed by atoms with van der Waals surface area (Å²) < 4.78 is 84.4. The maximum Gasteiger partial charge on any atom is 0.261 e. The van der Waals surface area contributed by atoms with E-state index in [1.807, 2.05) is 32.3 Å². The van der Waals surface area contributed by atoms with Crippen molar-refractivity contribution in [1.29, 1.82) is 0 Å². The number of nitrogens with two attached hydrogens (primary N) is 1. The fraction of sp³-hybridized carbons (Fsp3) is 0.531. The zero-order valence-corrected chi connectivity index (χ0v) is 57.9. The molecule has 2 heterocycles. The monoisotopic (exact) mass is 1300 g/mol. The summed E-state index contributed by atoms with van der Waals surface area (Å²) in [6.07, 6.45) is 9.93. The number of aromatic nitrogens is 2. The van der Waals surface area contributed by atoms with Crippen molar-refractivity contribution in [1.82, 2.24) is 23.8 Å². The Morgan fingerprint density at radius 1 is 0.518 bits per heavy atom. The fourth-order valence-electron chi connectivity index (χ4n) is 14.4. The van der Waals surface area contributed by atoms with Crippen molar-refractivity contribution in [3.63, 3.8) is 0 Å². The first-order valence-corrected chi connectivity index (χ1v) is 39.0. The number of fused-ring (bicyclic) bond motifs is 2. The van der Waals surface area contributed by atoms with Crippen molar-refractivity contribution in [3.05, 3.63) is 130 Å². The van der Waals surface area contributed by atoms with Crippen molar-refractivity contribution < 1.29 is 35.2 Å². The molecule has 0 aliphatic heterocycles. The molecule has 468 valence electrons. The molecule has 12 nitrogen and oxygen atoms in total. The maximum absolute atomic E-state index is 13.6. The van der Waals surface area contributed by atoms with E-state index in [2.05, 4.69) is 107 Å². The number of hydrogen-bond acceptors (Lipinski definition) is 7. The molecule has 0 saturated heterocycles. The molecule has 0 spiro atoms. The van der Waals surface area contributed by atoms with Gasteiger partial charge < -0.3 is 24.8 Å². The van der Waals surface area contributed by atoms with E-state index in [9.17, 15) is 35.2 Å². The summed E-state index contributed by atoms with van der Waals surface area (Å²) in [4.78, 5) is 25.4. The van der Waals surface area contributed by atoms with E-state index < -0.39 is 35.5 Å². The molecule has 4 aromatic carbocycles. The first-order valence-electron chi connectivity index (χ1n) is 30.1. The summed E-state index contributed by atoms with van der Waals surface area (Å²) in [6.45, 7) is 31.0. The van der Waals surface area contributed by atoms with Crippen molar-refractivity contribution in [2.45, 2.75) is 216 Å². The normalized spacial score (nSPS) is 18.8. The van der Waals surface area contributed by atoms with E-state index in [0.717, 1.165) is 58.6 Å². The smallest absolute Gasteiger partial charge is 0.261 e. The van der Waals surface area contributed by atoms with Gasteiger partial charge in [0.15, 0.2) is 16.5 Å². The molecule has 2 saturated carbocycles. The highest BCUT2D eigenvalue weighted by molar-refractivity contribution is 8.13. The van der Waals surface area contributed by atoms with Crippen LogP contribution in [0.1, 0.15) is 172 Å². The topological polar surface area (TPSA) is 174 Å². The Morgan fingerprint density at radius 3 is 1.19 bits per heavy atom. The predicted molar refractivity (Wildman–Crippen MR) is 352 cm³/mol. The van der Waals surface area contributed by atoms with Gasteiger partial charge in [0.25, 0.3) is 9.05 Å². The first kappa shape index (κ1) is 70.0. The summed E-state index contributed by atoms with van der Waals surface area (Å²) in [6, 6.07) is 22.2. The Balaban J connectivity index is 0.000000226. The highest BCUT2D eigenvalue weighted by Crippen LogP contribution is 2.48. The standard InChI is InChI=1S/C32H45ClFN3O3SSi.C17H25Cl2NO2SSi.C15H21FN2O/c1-20(2)42(21(3)4,22(5)6)37-19-30(33)29-17-16-28(18-31(29)37)41(39,40)36-27-14-10-25(11-15-27)32(38)35-23(7)24-8-12-26(34)13-9-24;1-11(2)24(12(3)4,13(5)6)20-10-16(18)15-8-7-14(9-17(15)20)23(19,21)22;1-10(11-2-6-13(16)7-3-11)18-15(19)12-4-8-14(17)9-5-12/h8-9,12-13,16-23,25,27,36H,10-11,14-15H2,1-7H3,(H,35,38);7-13H,1-6H3;2-3,6-7,10,12,14H,4-5,8-9,17H2,1H3,(H,18,19)/t23-,25?,27?;;10-,12?,14?/m1.1/s1. The Kier molecular flexibility index (Phi) is 23.9. The van der Waals surface area contributed by atoms with E-state index >= 15 is 0 Å². The van der Waals surface area contributed by atoms with Crippen LogP contribution in [0.5, 0.6) is 0 Å². The summed E-state index contributed by atoms with van der Waals surface area (Å²) >= 11 is 13.2. The molecule has 0 unspecified atom stereocenters. The number of hydrogen-bond donors (Lipinski definition) is 4. The number of sulfonamides is 1. The molecule has 2 atom stereocenters. The van der Waals surface area contributed by atoms with Crippen LogP contribution < -0.4 is 21.1 Å². The minimum atomic E-state index is -3.78. The summed E-state index contributed by atoms with van der Waals surface area (Å²) in [5.41, 5.74) is 12.0. The molecule has 5 N–H and O–H groups in total. The number of halogens is 5. The SMILES string of the molecule is CC(C)[Si](C(C)C)(C(C)C)n1cc(Cl)c2ccc(S(=O)(=O)Cl)cc21.CC(C)[Si](C(C)C)(C(C)C)n1cc(Cl)c2ccc(S(=O)(=O)NC3CCC(C(=O)N[C@H](C)c4ccc(F)cc4)CC3)cc21.C[C@@H](NC(=O)C1CCC(N)CC1)c1ccc(F)cc1. The van der Waals surface area contributed by atoms with Gasteiger partial charge in [0.05, 0.1) is 31.9 Å². The van der Waals surface area contributed by atoms with Crippen molar-refractivity contribution >= 4 is 103 Å². The van der Waals surface area contributed by atoms with Gasteiger partial charge in [-0.15, -0.1) is 0 Å². The van der Waals surface area contributed by atoms with E-state index in [1.54, 1.807) is 48.5 Å². The third kappa shape index (κ3) is 15.8. The minimum Gasteiger partial charge on any atom is -0.372 e. The molecule has 6 aromatic rings. The van der Waals surface area contributed by atoms with Crippen LogP contribution in [0.15, 0.2) is 107 Å². The molecule has 2 amide bonds. The van der Waals surface area contributed by atoms with E-state index in [4.69, 9.17) is 39.6 Å². The molecule has 2 aliphatic carbocycles. The predicted octanol–water partition coefficient (Wildman–Crippen LogP) is 16.9. The van der Waals surface area contributed by atoms with Gasteiger partial charge in [-0.1, -0.05) is 143 Å². The third-order valence-corrected chi connectivity index (χ3v) is 35.4. The molecule has 8 rings (SSSR count). The largest absolute Gasteiger partial charge is 0.372 e. The molecule has 0 bridgehead atoms. The quantitative estimate of drug-likeness (QED) is 0.0489. The number of carbonyl (C=O) groups excluding carboxylic acids is 2. The number of rotatable bonds is 18. The Morgan fingerprint density at radius 2 is 0.847 bits per heavy atom. The van der Waals surface area contributed by atoms with Gasteiger partial charge in [-0.2, -0.15) is 0 Å². The van der Waals surface area contributed by atoms with E-state index in [-0.39, 0.29) is 69.2 Å². The zero-order valence-electron chi connectivity index (χ0n) is 52.0. The van der Waals surface area contributed by atoms with Gasteiger partial charge in [-0.25, -0.2) is 30.3 Å². The lowest BCUT2D eigenvalue weighted by atomic mass is 9.85. The number of nitrogens with zero attached hydrogens (tertiary/aromatic N) is 2. The van der Waals surface area contributed by atoms with E-state index in [0.29, 0.717) is 69.0 Å². The highest BCUT2D eigenvalue weighted by Gasteiger charge is 2.47. The molecular formula is C64H91Cl3F2N6O6S2Si2. The van der Waals surface area contributed by atoms with Crippen LogP contribution in [-0.4, -0.2) is 65.7 Å². The third-order valence-electron chi connectivity index (χ3n) is 18.5. The molecule has 0 radical (unpaired) electrons. The van der Waals surface area contributed by atoms with Gasteiger partial charge >= 0.3 is 0 Å². The summed E-state index contributed by atoms with van der Waals surface area (Å²) in [5.74, 6) is -0.650. The zero-order chi connectivity index (χ0) is 63.3. The molecule has 2 fully saturated rings. The highest BCUT2D eigenvalue weighted by atomic mass is 35.7. The van der Waals surface area contributed by atoms with E-state index in [1.165, 1.54) is 30.3 Å². The number of benzene rings is 4. The lowest BCUT2D eigenvalue weighted by Gasteiger charge is -2.44. The number of nitrogens with one attached hydrogen (secondary N) is 3. The van der Waals surface area contributed by atoms with Crippen LogP contribution in [-0.2, 0) is 28.7 Å². The van der Waals surface area contributed by atoms with Crippen LogP contribution in [0.3, 0.4) is 0 Å². The van der Waals surface area contributed by atoms with Crippen LogP contribution >= 0.6 is 33.9 Å². The minimum absolute atomic E-state index is 0.0515. The van der Waals surface area contributed by atoms with Gasteiger partial charge in [0.2, 0.25) is 21.8 Å². The average molecular weight is 1310 g/mol. The first-order chi connectivity index (χ1) is 39.7. The maximum atomic E-state index is 13.6. The van der Waals surface area contributed by atoms with Crippen molar-refractivity contribution in [2.75, 3.05) is 0 Å². The molecule has 2 aliphatic rings. The molecule has 21 heteroatoms. The van der Waals surface area contributed by atoms with Gasteiger partial charge in [-0.05, 0) is 158 Å². The van der Waals surface area contributed by atoms with Gasteiger partial charge in [0, 0.05) is 68.8 Å². The molecular weight excluding hydrogens is 1210 g/mol. The lowest BCUT2D eigenvalue weighted by molar-refractivity contribution is -0.127. The second kappa shape index (κ2) is 29.0. The van der Waals surface area contributed by atoms with Crippen molar-refractivity contribution in [2.24, 2.45) is 17.6 Å². The summed E-state index contributed by atoms with van der Waals surface area (Å²) in [7, 11) is -6.20. The average Bonchev–Trinajstić information content (AvgIpc) is 1.74. The van der Waals surface area contributed by atoms with Crippen LogP contribution in [0.2, 0.25) is 43.3 Å². The second-order valence-electron chi connectivity index (χ2n) is 25.5. The lowest BCUT2D eigenvalue weighted by Crippen LogP contribution is -2.51. The Hall–Kier alpha value is -4.12. The Labute approximate surface area is 521 Å².